The summed E-state index contributed by atoms with van der Waals surface area (Å²) < 4.78 is 5.12. The zero-order valence-corrected chi connectivity index (χ0v) is 11.4. The second-order valence-corrected chi connectivity index (χ2v) is 4.25. The maximum absolute atomic E-state index is 12.1. The predicted molar refractivity (Wildman–Crippen MR) is 80.4 cm³/mol. The molecule has 0 aliphatic carbocycles. The highest BCUT2D eigenvalue weighted by Gasteiger charge is 2.19. The van der Waals surface area contributed by atoms with E-state index in [-0.39, 0.29) is 5.97 Å². The van der Waals surface area contributed by atoms with Crippen molar-refractivity contribution in [1.29, 1.82) is 0 Å². The van der Waals surface area contributed by atoms with Crippen molar-refractivity contribution in [2.24, 2.45) is 4.99 Å². The Kier molecular flexibility index (Phi) is 5.07. The third-order valence-electron chi connectivity index (χ3n) is 2.83. The summed E-state index contributed by atoms with van der Waals surface area (Å²) in [5.41, 5.74) is 1.70. The molecule has 0 heterocycles. The van der Waals surface area contributed by atoms with Crippen molar-refractivity contribution in [3.8, 4) is 0 Å². The van der Waals surface area contributed by atoms with E-state index in [9.17, 15) is 4.79 Å². The minimum atomic E-state index is -0.476. The number of hydrogen-bond donors (Lipinski definition) is 0. The van der Waals surface area contributed by atoms with E-state index in [0.29, 0.717) is 6.61 Å². The van der Waals surface area contributed by atoms with E-state index in [4.69, 9.17) is 4.74 Å². The molecule has 0 aromatic heterocycles. The highest BCUT2D eigenvalue weighted by molar-refractivity contribution is 5.96. The topological polar surface area (TPSA) is 38.7 Å². The van der Waals surface area contributed by atoms with Crippen molar-refractivity contribution in [1.82, 2.24) is 0 Å². The van der Waals surface area contributed by atoms with E-state index in [1.54, 1.807) is 13.1 Å². The van der Waals surface area contributed by atoms with Crippen molar-refractivity contribution in [2.45, 2.75) is 12.8 Å². The lowest BCUT2D eigenvalue weighted by Crippen LogP contribution is -2.17. The van der Waals surface area contributed by atoms with Crippen molar-refractivity contribution < 1.29 is 9.53 Å². The van der Waals surface area contributed by atoms with E-state index < -0.39 is 5.92 Å². The summed E-state index contributed by atoms with van der Waals surface area (Å²) in [4.78, 5) is 16.4. The van der Waals surface area contributed by atoms with Crippen LogP contribution >= 0.6 is 0 Å². The number of carbonyl (C=O) groups excluding carboxylic acids is 1. The van der Waals surface area contributed by atoms with Crippen LogP contribution < -0.4 is 0 Å². The molecule has 0 bridgehead atoms. The smallest absolute Gasteiger partial charge is 0.318 e. The van der Waals surface area contributed by atoms with Gasteiger partial charge in [0.25, 0.3) is 0 Å². The SMILES string of the molecule is CCOC(=O)C(C=Nc1ccccc1)c1ccccc1. The Morgan fingerprint density at radius 3 is 2.30 bits per heavy atom. The average Bonchev–Trinajstić information content (AvgIpc) is 2.50. The molecule has 0 aliphatic heterocycles. The number of nitrogens with zero attached hydrogens (tertiary/aromatic N) is 1. The molecule has 3 nitrogen and oxygen atoms in total. The Labute approximate surface area is 118 Å². The van der Waals surface area contributed by atoms with E-state index in [1.807, 2.05) is 60.7 Å². The van der Waals surface area contributed by atoms with Gasteiger partial charge in [0, 0.05) is 6.21 Å². The van der Waals surface area contributed by atoms with E-state index in [1.165, 1.54) is 0 Å². The normalized spacial score (nSPS) is 12.2. The Hall–Kier alpha value is -2.42. The number of carbonyl (C=O) groups is 1. The van der Waals surface area contributed by atoms with E-state index in [2.05, 4.69) is 4.99 Å². The maximum atomic E-state index is 12.1. The fourth-order valence-corrected chi connectivity index (χ4v) is 1.85. The van der Waals surface area contributed by atoms with Gasteiger partial charge in [-0.2, -0.15) is 0 Å². The molecular weight excluding hydrogens is 250 g/mol. The molecule has 2 aromatic rings. The van der Waals surface area contributed by atoms with Crippen LogP contribution in [-0.4, -0.2) is 18.8 Å². The molecule has 1 unspecified atom stereocenters. The summed E-state index contributed by atoms with van der Waals surface area (Å²) in [7, 11) is 0. The van der Waals surface area contributed by atoms with Gasteiger partial charge in [0.2, 0.25) is 0 Å². The lowest BCUT2D eigenvalue weighted by atomic mass is 10.0. The van der Waals surface area contributed by atoms with Crippen LogP contribution in [0.25, 0.3) is 0 Å². The van der Waals surface area contributed by atoms with Gasteiger partial charge in [0.05, 0.1) is 12.3 Å². The second kappa shape index (κ2) is 7.24. The van der Waals surface area contributed by atoms with Gasteiger partial charge < -0.3 is 4.74 Å². The summed E-state index contributed by atoms with van der Waals surface area (Å²) in [6.07, 6.45) is 1.64. The molecule has 0 radical (unpaired) electrons. The molecule has 0 saturated heterocycles. The average molecular weight is 267 g/mol. The largest absolute Gasteiger partial charge is 0.465 e. The van der Waals surface area contributed by atoms with E-state index in [0.717, 1.165) is 11.3 Å². The number of ether oxygens (including phenoxy) is 1. The number of esters is 1. The van der Waals surface area contributed by atoms with Gasteiger partial charge in [-0.25, -0.2) is 0 Å². The van der Waals surface area contributed by atoms with Crippen LogP contribution in [0.4, 0.5) is 5.69 Å². The first-order chi connectivity index (χ1) is 9.81. The quantitative estimate of drug-likeness (QED) is 0.611. The number of para-hydroxylation sites is 1. The fourth-order valence-electron chi connectivity index (χ4n) is 1.85. The van der Waals surface area contributed by atoms with Crippen LogP contribution in [0.2, 0.25) is 0 Å². The van der Waals surface area contributed by atoms with E-state index >= 15 is 0 Å². The monoisotopic (exact) mass is 267 g/mol. The number of hydrogen-bond acceptors (Lipinski definition) is 3. The Bertz CT molecular complexity index is 564. The van der Waals surface area contributed by atoms with Crippen LogP contribution in [-0.2, 0) is 9.53 Å². The number of rotatable bonds is 5. The minimum absolute atomic E-state index is 0.279. The van der Waals surface area contributed by atoms with Gasteiger partial charge in [-0.15, -0.1) is 0 Å². The van der Waals surface area contributed by atoms with Crippen LogP contribution in [0.1, 0.15) is 18.4 Å². The highest BCUT2D eigenvalue weighted by atomic mass is 16.5. The van der Waals surface area contributed by atoms with Gasteiger partial charge in [-0.05, 0) is 24.6 Å². The standard InChI is InChI=1S/C17H17NO2/c1-2-20-17(19)16(14-9-5-3-6-10-14)13-18-15-11-7-4-8-12-15/h3-13,16H,2H2,1H3. The predicted octanol–water partition coefficient (Wildman–Crippen LogP) is 3.74. The second-order valence-electron chi connectivity index (χ2n) is 4.25. The first-order valence-corrected chi connectivity index (χ1v) is 6.62. The molecule has 102 valence electrons. The molecule has 3 heteroatoms. The molecule has 2 aromatic carbocycles. The number of benzene rings is 2. The molecular formula is C17H17NO2. The van der Waals surface area contributed by atoms with Crippen LogP contribution in [0, 0.1) is 0 Å². The van der Waals surface area contributed by atoms with Gasteiger partial charge in [0.15, 0.2) is 0 Å². The van der Waals surface area contributed by atoms with Gasteiger partial charge in [-0.3, -0.25) is 9.79 Å². The third-order valence-corrected chi connectivity index (χ3v) is 2.83. The molecule has 0 spiro atoms. The minimum Gasteiger partial charge on any atom is -0.465 e. The van der Waals surface area contributed by atoms with Crippen molar-refractivity contribution in [3.63, 3.8) is 0 Å². The third kappa shape index (κ3) is 3.79. The zero-order valence-electron chi connectivity index (χ0n) is 11.4. The number of aliphatic imine (C=N–C) groups is 1. The lowest BCUT2D eigenvalue weighted by Gasteiger charge is -2.11. The van der Waals surface area contributed by atoms with Crippen molar-refractivity contribution in [2.75, 3.05) is 6.61 Å². The molecule has 2 rings (SSSR count). The maximum Gasteiger partial charge on any atom is 0.318 e. The van der Waals surface area contributed by atoms with Crippen LogP contribution in [0.15, 0.2) is 65.7 Å². The summed E-state index contributed by atoms with van der Waals surface area (Å²) in [6, 6.07) is 19.1. The molecule has 20 heavy (non-hydrogen) atoms. The summed E-state index contributed by atoms with van der Waals surface area (Å²) in [5.74, 6) is -0.755. The Morgan fingerprint density at radius 2 is 1.70 bits per heavy atom. The van der Waals surface area contributed by atoms with Crippen LogP contribution in [0.3, 0.4) is 0 Å². The fraction of sp³-hybridized carbons (Fsp3) is 0.176. The van der Waals surface area contributed by atoms with Gasteiger partial charge in [-0.1, -0.05) is 48.5 Å². The van der Waals surface area contributed by atoms with Crippen molar-refractivity contribution in [3.05, 3.63) is 66.2 Å². The zero-order chi connectivity index (χ0) is 14.2. The highest BCUT2D eigenvalue weighted by Crippen LogP contribution is 2.18. The molecule has 0 saturated carbocycles. The van der Waals surface area contributed by atoms with Gasteiger partial charge in [0.1, 0.15) is 5.92 Å². The molecule has 0 fully saturated rings. The Balaban J connectivity index is 2.23. The molecule has 0 aliphatic rings. The molecule has 1 atom stereocenters. The van der Waals surface area contributed by atoms with Gasteiger partial charge >= 0.3 is 5.97 Å². The lowest BCUT2D eigenvalue weighted by molar-refractivity contribution is -0.143. The summed E-state index contributed by atoms with van der Waals surface area (Å²) in [5, 5.41) is 0. The Morgan fingerprint density at radius 1 is 1.10 bits per heavy atom. The first-order valence-electron chi connectivity index (χ1n) is 6.62. The van der Waals surface area contributed by atoms with Crippen LogP contribution in [0.5, 0.6) is 0 Å². The summed E-state index contributed by atoms with van der Waals surface area (Å²) in [6.45, 7) is 2.16. The summed E-state index contributed by atoms with van der Waals surface area (Å²) >= 11 is 0. The molecule has 0 amide bonds. The molecule has 0 N–H and O–H groups in total. The van der Waals surface area contributed by atoms with Crippen molar-refractivity contribution >= 4 is 17.9 Å². The first kappa shape index (κ1) is 14.0.